The van der Waals surface area contributed by atoms with Crippen molar-refractivity contribution in [3.05, 3.63) is 60.5 Å². The predicted octanol–water partition coefficient (Wildman–Crippen LogP) is 4.67. The first kappa shape index (κ1) is 13.2. The van der Waals surface area contributed by atoms with Crippen molar-refractivity contribution in [3.63, 3.8) is 0 Å². The Kier molecular flexibility index (Phi) is 3.10. The fourth-order valence-electron chi connectivity index (χ4n) is 2.48. The molecule has 0 radical (unpaired) electrons. The van der Waals surface area contributed by atoms with Gasteiger partial charge < -0.3 is 10.2 Å². The van der Waals surface area contributed by atoms with Crippen LogP contribution in [0.1, 0.15) is 16.9 Å². The van der Waals surface area contributed by atoms with Gasteiger partial charge in [-0.1, -0.05) is 19.2 Å². The summed E-state index contributed by atoms with van der Waals surface area (Å²) in [7, 11) is 0. The van der Waals surface area contributed by atoms with Crippen molar-refractivity contribution in [1.82, 2.24) is 4.98 Å². The van der Waals surface area contributed by atoms with E-state index in [1.165, 1.54) is 0 Å². The van der Waals surface area contributed by atoms with E-state index in [2.05, 4.69) is 30.3 Å². The van der Waals surface area contributed by atoms with Gasteiger partial charge in [-0.2, -0.15) is 0 Å². The molecule has 0 aliphatic rings. The van der Waals surface area contributed by atoms with Crippen molar-refractivity contribution >= 4 is 28.7 Å². The first-order chi connectivity index (χ1) is 10.1. The van der Waals surface area contributed by atoms with Gasteiger partial charge in [-0.05, 0) is 42.8 Å². The molecule has 0 atom stereocenters. The van der Waals surface area contributed by atoms with Crippen molar-refractivity contribution in [3.8, 4) is 11.3 Å². The number of aryl methyl sites for hydroxylation is 1. The fraction of sp³-hybridized carbons (Fsp3) is 0.0556. The van der Waals surface area contributed by atoms with Gasteiger partial charge in [-0.25, -0.2) is 0 Å². The molecule has 2 N–H and O–H groups in total. The van der Waals surface area contributed by atoms with Crippen molar-refractivity contribution in [1.29, 1.82) is 0 Å². The van der Waals surface area contributed by atoms with Crippen LogP contribution in [0.15, 0.2) is 48.0 Å². The molecule has 104 valence electrons. The van der Waals surface area contributed by atoms with E-state index in [-0.39, 0.29) is 0 Å². The molecule has 2 heterocycles. The van der Waals surface area contributed by atoms with Crippen molar-refractivity contribution in [2.45, 2.75) is 6.92 Å². The zero-order valence-corrected chi connectivity index (χ0v) is 11.9. The van der Waals surface area contributed by atoms with E-state index in [1.54, 1.807) is 18.3 Å². The number of aromatic nitrogens is 1. The van der Waals surface area contributed by atoms with E-state index in [1.807, 2.05) is 19.1 Å². The van der Waals surface area contributed by atoms with Gasteiger partial charge in [-0.3, -0.25) is 4.98 Å². The number of benzene rings is 1. The van der Waals surface area contributed by atoms with Gasteiger partial charge in [-0.15, -0.1) is 0 Å². The van der Waals surface area contributed by atoms with E-state index in [0.717, 1.165) is 33.4 Å². The third-order valence-electron chi connectivity index (χ3n) is 3.41. The van der Waals surface area contributed by atoms with Gasteiger partial charge >= 0.3 is 0 Å². The molecule has 0 bridgehead atoms. The number of hydrogen-bond acceptors (Lipinski definition) is 3. The lowest BCUT2D eigenvalue weighted by molar-refractivity contribution is 0.571. The number of nitrogens with zero attached hydrogens (tertiary/aromatic N) is 1. The summed E-state index contributed by atoms with van der Waals surface area (Å²) in [5, 5.41) is 1.00. The Morgan fingerprint density at radius 2 is 1.95 bits per heavy atom. The highest BCUT2D eigenvalue weighted by Gasteiger charge is 2.13. The third kappa shape index (κ3) is 2.23. The maximum absolute atomic E-state index is 5.87. The zero-order valence-electron chi connectivity index (χ0n) is 11.9. The SMILES string of the molecule is C=Cc1cc(-c2cc(C)cc3cc(N)cnc23)oc1C=C. The Bertz CT molecular complexity index is 828. The van der Waals surface area contributed by atoms with Gasteiger partial charge in [0.2, 0.25) is 0 Å². The van der Waals surface area contributed by atoms with Gasteiger partial charge in [0.05, 0.1) is 17.4 Å². The summed E-state index contributed by atoms with van der Waals surface area (Å²) in [4.78, 5) is 4.45. The lowest BCUT2D eigenvalue weighted by Gasteiger charge is -2.06. The number of furan rings is 1. The average molecular weight is 276 g/mol. The Balaban J connectivity index is 2.31. The van der Waals surface area contributed by atoms with Gasteiger partial charge in [0, 0.05) is 16.5 Å². The molecule has 3 aromatic rings. The Hall–Kier alpha value is -2.81. The molecule has 21 heavy (non-hydrogen) atoms. The largest absolute Gasteiger partial charge is 0.456 e. The topological polar surface area (TPSA) is 52.0 Å². The molecule has 0 unspecified atom stereocenters. The average Bonchev–Trinajstić information content (AvgIpc) is 2.89. The highest BCUT2D eigenvalue weighted by Crippen LogP contribution is 2.33. The van der Waals surface area contributed by atoms with Crippen LogP contribution in [0.25, 0.3) is 34.4 Å². The number of nitrogens with two attached hydrogens (primary N) is 1. The molecule has 0 aliphatic heterocycles. The summed E-state index contributed by atoms with van der Waals surface area (Å²) in [6.45, 7) is 9.60. The summed E-state index contributed by atoms with van der Waals surface area (Å²) in [6.07, 6.45) is 5.10. The van der Waals surface area contributed by atoms with E-state index in [4.69, 9.17) is 10.2 Å². The van der Waals surface area contributed by atoms with Crippen molar-refractivity contribution < 1.29 is 4.42 Å². The van der Waals surface area contributed by atoms with E-state index >= 15 is 0 Å². The molecule has 0 spiro atoms. The van der Waals surface area contributed by atoms with Gasteiger partial charge in [0.15, 0.2) is 0 Å². The molecule has 0 fully saturated rings. The number of anilines is 1. The second-order valence-electron chi connectivity index (χ2n) is 4.99. The Morgan fingerprint density at radius 3 is 2.62 bits per heavy atom. The minimum atomic E-state index is 0.650. The van der Waals surface area contributed by atoms with Gasteiger partial charge in [0.25, 0.3) is 0 Å². The molecule has 1 aromatic carbocycles. The number of rotatable bonds is 3. The summed E-state index contributed by atoms with van der Waals surface area (Å²) in [6, 6.07) is 8.00. The van der Waals surface area contributed by atoms with Crippen LogP contribution < -0.4 is 5.73 Å². The van der Waals surface area contributed by atoms with Crippen LogP contribution in [0, 0.1) is 6.92 Å². The first-order valence-corrected chi connectivity index (χ1v) is 6.67. The van der Waals surface area contributed by atoms with Crippen LogP contribution in [-0.4, -0.2) is 4.98 Å². The van der Waals surface area contributed by atoms with E-state index in [0.29, 0.717) is 11.4 Å². The van der Waals surface area contributed by atoms with Crippen molar-refractivity contribution in [2.75, 3.05) is 5.73 Å². The second kappa shape index (κ2) is 4.94. The van der Waals surface area contributed by atoms with Gasteiger partial charge in [0.1, 0.15) is 11.5 Å². The molecular formula is C18H16N2O. The highest BCUT2D eigenvalue weighted by molar-refractivity contribution is 5.94. The number of fused-ring (bicyclic) bond motifs is 1. The quantitative estimate of drug-likeness (QED) is 0.756. The number of nitrogen functional groups attached to an aromatic ring is 1. The smallest absolute Gasteiger partial charge is 0.137 e. The standard InChI is InChI=1S/C18H16N2O/c1-4-12-9-17(21-16(12)5-2)15-7-11(3)6-13-8-14(19)10-20-18(13)15/h4-10H,1-2,19H2,3H3. The van der Waals surface area contributed by atoms with Crippen LogP contribution in [-0.2, 0) is 0 Å². The first-order valence-electron chi connectivity index (χ1n) is 6.67. The van der Waals surface area contributed by atoms with E-state index in [9.17, 15) is 0 Å². The number of hydrogen-bond donors (Lipinski definition) is 1. The predicted molar refractivity (Wildman–Crippen MR) is 88.8 cm³/mol. The molecule has 3 nitrogen and oxygen atoms in total. The molecule has 0 saturated carbocycles. The summed E-state index contributed by atoms with van der Waals surface area (Å²) >= 11 is 0. The third-order valence-corrected chi connectivity index (χ3v) is 3.41. The summed E-state index contributed by atoms with van der Waals surface area (Å²) in [5.41, 5.74) is 10.3. The maximum atomic E-state index is 5.87. The number of pyridine rings is 1. The fourth-order valence-corrected chi connectivity index (χ4v) is 2.48. The Morgan fingerprint density at radius 1 is 1.14 bits per heavy atom. The molecule has 0 saturated heterocycles. The molecule has 0 aliphatic carbocycles. The summed E-state index contributed by atoms with van der Waals surface area (Å²) in [5.74, 6) is 1.47. The lowest BCUT2D eigenvalue weighted by Crippen LogP contribution is -1.90. The van der Waals surface area contributed by atoms with Crippen LogP contribution >= 0.6 is 0 Å². The van der Waals surface area contributed by atoms with Crippen LogP contribution in [0.4, 0.5) is 5.69 Å². The molecule has 2 aromatic heterocycles. The monoisotopic (exact) mass is 276 g/mol. The molecular weight excluding hydrogens is 260 g/mol. The van der Waals surface area contributed by atoms with E-state index < -0.39 is 0 Å². The normalized spacial score (nSPS) is 10.7. The molecule has 3 heteroatoms. The van der Waals surface area contributed by atoms with Crippen LogP contribution in [0.5, 0.6) is 0 Å². The molecule has 0 amide bonds. The molecule has 3 rings (SSSR count). The highest BCUT2D eigenvalue weighted by atomic mass is 16.3. The van der Waals surface area contributed by atoms with Crippen molar-refractivity contribution in [2.24, 2.45) is 0 Å². The van der Waals surface area contributed by atoms with Crippen LogP contribution in [0.2, 0.25) is 0 Å². The van der Waals surface area contributed by atoms with Crippen LogP contribution in [0.3, 0.4) is 0 Å². The minimum absolute atomic E-state index is 0.650. The second-order valence-corrected chi connectivity index (χ2v) is 4.99. The Labute approximate surface area is 123 Å². The lowest BCUT2D eigenvalue weighted by atomic mass is 10.0. The zero-order chi connectivity index (χ0) is 15.0. The minimum Gasteiger partial charge on any atom is -0.456 e. The summed E-state index contributed by atoms with van der Waals surface area (Å²) < 4.78 is 5.87. The maximum Gasteiger partial charge on any atom is 0.137 e.